The molecular formula is C18H29BrN2. The maximum Gasteiger partial charge on any atom is 0.0210 e. The van der Waals surface area contributed by atoms with Crippen molar-refractivity contribution in [3.05, 3.63) is 33.8 Å². The first kappa shape index (κ1) is 17.0. The van der Waals surface area contributed by atoms with Crippen molar-refractivity contribution in [2.75, 3.05) is 6.54 Å². The minimum Gasteiger partial charge on any atom is -0.314 e. The maximum absolute atomic E-state index is 3.73. The molecule has 0 saturated heterocycles. The Labute approximate surface area is 138 Å². The molecule has 1 fully saturated rings. The summed E-state index contributed by atoms with van der Waals surface area (Å²) >= 11 is 3.73. The van der Waals surface area contributed by atoms with Gasteiger partial charge in [0.1, 0.15) is 0 Å². The Morgan fingerprint density at radius 2 is 1.95 bits per heavy atom. The molecule has 0 heterocycles. The van der Waals surface area contributed by atoms with Gasteiger partial charge >= 0.3 is 0 Å². The molecule has 2 rings (SSSR count). The molecule has 0 aromatic heterocycles. The number of halogens is 1. The molecule has 2 N–H and O–H groups in total. The van der Waals surface area contributed by atoms with Gasteiger partial charge in [0.25, 0.3) is 0 Å². The van der Waals surface area contributed by atoms with Crippen LogP contribution in [0, 0.1) is 0 Å². The van der Waals surface area contributed by atoms with E-state index in [0.717, 1.165) is 12.6 Å². The summed E-state index contributed by atoms with van der Waals surface area (Å²) < 4.78 is 1.26. The van der Waals surface area contributed by atoms with Gasteiger partial charge in [0.05, 0.1) is 0 Å². The van der Waals surface area contributed by atoms with Crippen LogP contribution < -0.4 is 10.6 Å². The van der Waals surface area contributed by atoms with Crippen molar-refractivity contribution in [3.63, 3.8) is 0 Å². The lowest BCUT2D eigenvalue weighted by molar-refractivity contribution is 0.424. The second-order valence-electron chi connectivity index (χ2n) is 7.21. The molecule has 2 nitrogen and oxygen atoms in total. The number of nitrogens with one attached hydrogen (secondary N) is 2. The van der Waals surface area contributed by atoms with Gasteiger partial charge in [-0.25, -0.2) is 0 Å². The molecule has 0 spiro atoms. The molecule has 0 atom stereocenters. The predicted octanol–water partition coefficient (Wildman–Crippen LogP) is 4.41. The molecule has 1 aliphatic rings. The molecule has 0 bridgehead atoms. The van der Waals surface area contributed by atoms with E-state index in [1.807, 2.05) is 0 Å². The zero-order chi connectivity index (χ0) is 15.3. The Bertz CT molecular complexity index is 447. The fourth-order valence-electron chi connectivity index (χ4n) is 2.30. The van der Waals surface area contributed by atoms with Gasteiger partial charge in [-0.05, 0) is 76.6 Å². The fraction of sp³-hybridized carbons (Fsp3) is 0.667. The Hall–Kier alpha value is -0.380. The van der Waals surface area contributed by atoms with Crippen LogP contribution in [0.5, 0.6) is 0 Å². The van der Waals surface area contributed by atoms with Gasteiger partial charge in [-0.2, -0.15) is 0 Å². The van der Waals surface area contributed by atoms with E-state index in [-0.39, 0.29) is 5.54 Å². The van der Waals surface area contributed by atoms with Crippen LogP contribution in [0.4, 0.5) is 0 Å². The van der Waals surface area contributed by atoms with E-state index in [1.54, 1.807) is 0 Å². The van der Waals surface area contributed by atoms with Crippen molar-refractivity contribution < 1.29 is 0 Å². The molecular weight excluding hydrogens is 324 g/mol. The smallest absolute Gasteiger partial charge is 0.0210 e. The number of rotatable bonds is 8. The SMILES string of the molecule is CC(C)(C)NCc1ccc(CCCCNC2CC2)c(Br)c1. The van der Waals surface area contributed by atoms with E-state index in [2.05, 4.69) is 65.5 Å². The van der Waals surface area contributed by atoms with Crippen molar-refractivity contribution in [1.29, 1.82) is 0 Å². The number of aryl methyl sites for hydroxylation is 1. The largest absolute Gasteiger partial charge is 0.314 e. The standard InChI is InChI=1S/C18H29BrN2/c1-18(2,3)21-13-14-7-8-15(17(19)12-14)6-4-5-11-20-16-9-10-16/h7-8,12,16,20-21H,4-6,9-11,13H2,1-3H3. The molecule has 1 aliphatic carbocycles. The Kier molecular flexibility index (Phi) is 6.27. The highest BCUT2D eigenvalue weighted by Gasteiger charge is 2.19. The highest BCUT2D eigenvalue weighted by molar-refractivity contribution is 9.10. The molecule has 21 heavy (non-hydrogen) atoms. The number of hydrogen-bond acceptors (Lipinski definition) is 2. The minimum absolute atomic E-state index is 0.166. The third-order valence-corrected chi connectivity index (χ3v) is 4.56. The van der Waals surface area contributed by atoms with Crippen molar-refractivity contribution in [2.24, 2.45) is 0 Å². The van der Waals surface area contributed by atoms with Gasteiger partial charge in [-0.3, -0.25) is 0 Å². The van der Waals surface area contributed by atoms with Crippen LogP contribution in [0.3, 0.4) is 0 Å². The topological polar surface area (TPSA) is 24.1 Å². The summed E-state index contributed by atoms with van der Waals surface area (Å²) in [5.41, 5.74) is 2.94. The van der Waals surface area contributed by atoms with Crippen LogP contribution in [0.15, 0.2) is 22.7 Å². The molecule has 0 radical (unpaired) electrons. The summed E-state index contributed by atoms with van der Waals surface area (Å²) in [5, 5.41) is 7.11. The molecule has 1 saturated carbocycles. The zero-order valence-corrected chi connectivity index (χ0v) is 15.2. The average Bonchev–Trinajstić information content (AvgIpc) is 3.21. The quantitative estimate of drug-likeness (QED) is 0.677. The highest BCUT2D eigenvalue weighted by Crippen LogP contribution is 2.21. The first-order valence-electron chi connectivity index (χ1n) is 8.20. The summed E-state index contributed by atoms with van der Waals surface area (Å²) in [7, 11) is 0. The summed E-state index contributed by atoms with van der Waals surface area (Å²) in [6.07, 6.45) is 6.47. The molecule has 0 unspecified atom stereocenters. The van der Waals surface area contributed by atoms with Crippen LogP contribution >= 0.6 is 15.9 Å². The van der Waals surface area contributed by atoms with Gasteiger partial charge in [-0.1, -0.05) is 28.1 Å². The van der Waals surface area contributed by atoms with Crippen molar-refractivity contribution in [3.8, 4) is 0 Å². The van der Waals surface area contributed by atoms with E-state index in [1.165, 1.54) is 54.2 Å². The maximum atomic E-state index is 3.73. The van der Waals surface area contributed by atoms with Gasteiger partial charge in [0.15, 0.2) is 0 Å². The lowest BCUT2D eigenvalue weighted by atomic mass is 10.0. The number of hydrogen-bond donors (Lipinski definition) is 2. The lowest BCUT2D eigenvalue weighted by Gasteiger charge is -2.20. The second kappa shape index (κ2) is 7.75. The molecule has 0 aliphatic heterocycles. The summed E-state index contributed by atoms with van der Waals surface area (Å²) in [6, 6.07) is 7.63. The van der Waals surface area contributed by atoms with Crippen LogP contribution in [0.2, 0.25) is 0 Å². The lowest BCUT2D eigenvalue weighted by Crippen LogP contribution is -2.35. The van der Waals surface area contributed by atoms with E-state index < -0.39 is 0 Å². The Balaban J connectivity index is 1.72. The molecule has 1 aromatic carbocycles. The Morgan fingerprint density at radius 3 is 2.57 bits per heavy atom. The fourth-order valence-corrected chi connectivity index (χ4v) is 2.93. The summed E-state index contributed by atoms with van der Waals surface area (Å²) in [5.74, 6) is 0. The van der Waals surface area contributed by atoms with E-state index in [4.69, 9.17) is 0 Å². The van der Waals surface area contributed by atoms with Crippen LogP contribution in [-0.4, -0.2) is 18.1 Å². The summed E-state index contributed by atoms with van der Waals surface area (Å²) in [6.45, 7) is 8.70. The monoisotopic (exact) mass is 352 g/mol. The second-order valence-corrected chi connectivity index (χ2v) is 8.07. The summed E-state index contributed by atoms with van der Waals surface area (Å²) in [4.78, 5) is 0. The van der Waals surface area contributed by atoms with Gasteiger partial charge in [0, 0.05) is 22.6 Å². The molecule has 0 amide bonds. The highest BCUT2D eigenvalue weighted by atomic mass is 79.9. The number of unbranched alkanes of at least 4 members (excludes halogenated alkanes) is 1. The normalized spacial score (nSPS) is 15.4. The van der Waals surface area contributed by atoms with Crippen molar-refractivity contribution in [1.82, 2.24) is 10.6 Å². The predicted molar refractivity (Wildman–Crippen MR) is 94.7 cm³/mol. The molecule has 118 valence electrons. The minimum atomic E-state index is 0.166. The van der Waals surface area contributed by atoms with Gasteiger partial charge in [0.2, 0.25) is 0 Å². The average molecular weight is 353 g/mol. The van der Waals surface area contributed by atoms with Crippen molar-refractivity contribution in [2.45, 2.75) is 71.0 Å². The van der Waals surface area contributed by atoms with Crippen LogP contribution in [-0.2, 0) is 13.0 Å². The third-order valence-electron chi connectivity index (χ3n) is 3.82. The molecule has 3 heteroatoms. The van der Waals surface area contributed by atoms with Gasteiger partial charge < -0.3 is 10.6 Å². The van der Waals surface area contributed by atoms with E-state index in [9.17, 15) is 0 Å². The molecule has 1 aromatic rings. The number of benzene rings is 1. The van der Waals surface area contributed by atoms with Gasteiger partial charge in [-0.15, -0.1) is 0 Å². The van der Waals surface area contributed by atoms with Crippen molar-refractivity contribution >= 4 is 15.9 Å². The first-order valence-corrected chi connectivity index (χ1v) is 8.99. The van der Waals surface area contributed by atoms with Crippen LogP contribution in [0.1, 0.15) is 57.6 Å². The van der Waals surface area contributed by atoms with E-state index >= 15 is 0 Å². The van der Waals surface area contributed by atoms with Crippen LogP contribution in [0.25, 0.3) is 0 Å². The Morgan fingerprint density at radius 1 is 1.19 bits per heavy atom. The third kappa shape index (κ3) is 6.94. The first-order chi connectivity index (χ1) is 9.94. The van der Waals surface area contributed by atoms with E-state index in [0.29, 0.717) is 0 Å². The zero-order valence-electron chi connectivity index (χ0n) is 13.6.